The second-order valence-electron chi connectivity index (χ2n) is 5.20. The zero-order valence-electron chi connectivity index (χ0n) is 13.5. The highest BCUT2D eigenvalue weighted by atomic mass is 35.5. The number of benzene rings is 1. The van der Waals surface area contributed by atoms with Crippen LogP contribution in [0.4, 0.5) is 0 Å². The number of carbonyl (C=O) groups is 2. The van der Waals surface area contributed by atoms with Gasteiger partial charge in [-0.2, -0.15) is 0 Å². The maximum atomic E-state index is 11.7. The van der Waals surface area contributed by atoms with E-state index in [0.29, 0.717) is 5.02 Å². The molecule has 7 heteroatoms. The van der Waals surface area contributed by atoms with Crippen molar-refractivity contribution in [2.75, 3.05) is 0 Å². The minimum Gasteiger partial charge on any atom is -0.460 e. The van der Waals surface area contributed by atoms with Crippen LogP contribution in [0.25, 0.3) is 0 Å². The van der Waals surface area contributed by atoms with Crippen LogP contribution in [-0.2, 0) is 14.3 Å². The lowest BCUT2D eigenvalue weighted by atomic mass is 10.1. The van der Waals surface area contributed by atoms with E-state index in [4.69, 9.17) is 44.3 Å². The van der Waals surface area contributed by atoms with E-state index >= 15 is 0 Å². The Morgan fingerprint density at radius 2 is 1.67 bits per heavy atom. The summed E-state index contributed by atoms with van der Waals surface area (Å²) in [5.74, 6) is -1.42. The van der Waals surface area contributed by atoms with Crippen LogP contribution >= 0.6 is 34.8 Å². The molecule has 132 valence electrons. The van der Waals surface area contributed by atoms with Crippen molar-refractivity contribution in [2.24, 2.45) is 0 Å². The van der Waals surface area contributed by atoms with Crippen molar-refractivity contribution in [1.82, 2.24) is 0 Å². The van der Waals surface area contributed by atoms with E-state index in [2.05, 4.69) is 6.92 Å². The second-order valence-corrected chi connectivity index (χ2v) is 6.45. The second kappa shape index (κ2) is 10.6. The number of hydrogen-bond donors (Lipinski definition) is 0. The van der Waals surface area contributed by atoms with Gasteiger partial charge in [0.2, 0.25) is 0 Å². The summed E-state index contributed by atoms with van der Waals surface area (Å²) in [5, 5.41) is 0.517. The molecule has 0 aliphatic rings. The monoisotopic (exact) mass is 392 g/mol. The van der Waals surface area contributed by atoms with Gasteiger partial charge in [0.05, 0.1) is 16.1 Å². The highest BCUT2D eigenvalue weighted by molar-refractivity contribution is 6.40. The number of unbranched alkanes of at least 4 members (excludes halogenated alkanes) is 2. The van der Waals surface area contributed by atoms with Crippen molar-refractivity contribution in [2.45, 2.75) is 45.6 Å². The first-order valence-corrected chi connectivity index (χ1v) is 8.72. The van der Waals surface area contributed by atoms with E-state index < -0.39 is 11.9 Å². The molecule has 24 heavy (non-hydrogen) atoms. The maximum absolute atomic E-state index is 11.7. The van der Waals surface area contributed by atoms with Gasteiger partial charge in [0.1, 0.15) is 0 Å². The van der Waals surface area contributed by atoms with Gasteiger partial charge in [-0.05, 0) is 31.9 Å². The summed E-state index contributed by atoms with van der Waals surface area (Å²) in [6, 6.07) is 2.79. The van der Waals surface area contributed by atoms with Gasteiger partial charge < -0.3 is 9.47 Å². The first-order valence-electron chi connectivity index (χ1n) is 7.58. The Labute approximate surface area is 156 Å². The summed E-state index contributed by atoms with van der Waals surface area (Å²) in [5.41, 5.74) is 0. The third-order valence-corrected chi connectivity index (χ3v) is 3.83. The minimum atomic E-state index is -0.795. The molecule has 0 fully saturated rings. The quantitative estimate of drug-likeness (QED) is 0.249. The van der Waals surface area contributed by atoms with Crippen LogP contribution in [0.2, 0.25) is 15.1 Å². The maximum Gasteiger partial charge on any atom is 0.336 e. The van der Waals surface area contributed by atoms with Crippen LogP contribution in [0.15, 0.2) is 24.3 Å². The minimum absolute atomic E-state index is 0.0151. The SMILES string of the molecule is CCCCCC(C)OC(=O)/C=C/C(=O)Oc1c(Cl)cc(Cl)cc1Cl. The number of halogens is 3. The van der Waals surface area contributed by atoms with E-state index in [-0.39, 0.29) is 21.9 Å². The molecular formula is C17H19Cl3O4. The molecule has 0 aromatic heterocycles. The fraction of sp³-hybridized carbons (Fsp3) is 0.412. The smallest absolute Gasteiger partial charge is 0.336 e. The number of rotatable bonds is 8. The van der Waals surface area contributed by atoms with Crippen LogP contribution in [-0.4, -0.2) is 18.0 Å². The van der Waals surface area contributed by atoms with Crippen molar-refractivity contribution in [1.29, 1.82) is 0 Å². The van der Waals surface area contributed by atoms with Crippen molar-refractivity contribution in [3.8, 4) is 5.75 Å². The molecule has 1 unspecified atom stereocenters. The molecule has 1 aromatic carbocycles. The van der Waals surface area contributed by atoms with Crippen LogP contribution in [0.3, 0.4) is 0 Å². The first kappa shape index (κ1) is 20.8. The van der Waals surface area contributed by atoms with Crippen molar-refractivity contribution >= 4 is 46.7 Å². The van der Waals surface area contributed by atoms with Gasteiger partial charge in [-0.25, -0.2) is 9.59 Å². The Kier molecular flexibility index (Phi) is 9.19. The molecule has 0 saturated heterocycles. The average molecular weight is 394 g/mol. The Morgan fingerprint density at radius 1 is 1.08 bits per heavy atom. The Morgan fingerprint density at radius 3 is 2.25 bits per heavy atom. The van der Waals surface area contributed by atoms with Crippen LogP contribution in [0.5, 0.6) is 5.75 Å². The molecule has 0 spiro atoms. The predicted molar refractivity (Wildman–Crippen MR) is 95.9 cm³/mol. The van der Waals surface area contributed by atoms with Crippen molar-refractivity contribution < 1.29 is 19.1 Å². The number of esters is 2. The van der Waals surface area contributed by atoms with Gasteiger partial charge in [-0.3, -0.25) is 0 Å². The summed E-state index contributed by atoms with van der Waals surface area (Å²) in [6.45, 7) is 3.91. The molecule has 0 heterocycles. The van der Waals surface area contributed by atoms with Crippen molar-refractivity contribution in [3.63, 3.8) is 0 Å². The molecule has 1 atom stereocenters. The van der Waals surface area contributed by atoms with E-state index in [1.165, 1.54) is 12.1 Å². The summed E-state index contributed by atoms with van der Waals surface area (Å²) in [4.78, 5) is 23.4. The summed E-state index contributed by atoms with van der Waals surface area (Å²) < 4.78 is 10.2. The highest BCUT2D eigenvalue weighted by Crippen LogP contribution is 2.35. The van der Waals surface area contributed by atoms with E-state index in [0.717, 1.165) is 37.8 Å². The molecule has 1 aromatic rings. The zero-order valence-corrected chi connectivity index (χ0v) is 15.7. The lowest BCUT2D eigenvalue weighted by molar-refractivity contribution is -0.143. The molecule has 0 amide bonds. The molecule has 4 nitrogen and oxygen atoms in total. The van der Waals surface area contributed by atoms with Crippen LogP contribution in [0, 0.1) is 0 Å². The molecule has 0 aliphatic heterocycles. The molecule has 0 N–H and O–H groups in total. The number of ether oxygens (including phenoxy) is 2. The van der Waals surface area contributed by atoms with E-state index in [1.54, 1.807) is 0 Å². The van der Waals surface area contributed by atoms with E-state index in [1.807, 2.05) is 6.92 Å². The normalized spacial score (nSPS) is 12.2. The third-order valence-electron chi connectivity index (χ3n) is 3.05. The van der Waals surface area contributed by atoms with Gasteiger partial charge in [-0.15, -0.1) is 0 Å². The number of hydrogen-bond acceptors (Lipinski definition) is 4. The standard InChI is InChI=1S/C17H19Cl3O4/c1-3-4-5-6-11(2)23-15(21)7-8-16(22)24-17-13(19)9-12(18)10-14(17)20/h7-11H,3-6H2,1-2H3/b8-7+. The summed E-state index contributed by atoms with van der Waals surface area (Å²) >= 11 is 17.6. The molecule has 1 rings (SSSR count). The largest absolute Gasteiger partial charge is 0.460 e. The summed E-state index contributed by atoms with van der Waals surface area (Å²) in [7, 11) is 0. The Bertz CT molecular complexity index is 591. The predicted octanol–water partition coefficient (Wildman–Crippen LogP) is 5.62. The first-order chi connectivity index (χ1) is 11.3. The van der Waals surface area contributed by atoms with Gasteiger partial charge in [0, 0.05) is 17.2 Å². The topological polar surface area (TPSA) is 52.6 Å². The number of carbonyl (C=O) groups excluding carboxylic acids is 2. The molecule has 0 bridgehead atoms. The van der Waals surface area contributed by atoms with Gasteiger partial charge >= 0.3 is 11.9 Å². The van der Waals surface area contributed by atoms with Crippen molar-refractivity contribution in [3.05, 3.63) is 39.4 Å². The van der Waals surface area contributed by atoms with E-state index in [9.17, 15) is 9.59 Å². The summed E-state index contributed by atoms with van der Waals surface area (Å²) in [6.07, 6.45) is 5.73. The molecule has 0 aliphatic carbocycles. The molecule has 0 radical (unpaired) electrons. The van der Waals surface area contributed by atoms with Crippen LogP contribution < -0.4 is 4.74 Å². The highest BCUT2D eigenvalue weighted by Gasteiger charge is 2.13. The fourth-order valence-electron chi connectivity index (χ4n) is 1.88. The Hall–Kier alpha value is -1.23. The van der Waals surface area contributed by atoms with Crippen LogP contribution in [0.1, 0.15) is 39.5 Å². The fourth-order valence-corrected chi connectivity index (χ4v) is 2.77. The average Bonchev–Trinajstić information content (AvgIpc) is 2.49. The van der Waals surface area contributed by atoms with Gasteiger partial charge in [0.15, 0.2) is 5.75 Å². The van der Waals surface area contributed by atoms with Gasteiger partial charge in [0.25, 0.3) is 0 Å². The lowest BCUT2D eigenvalue weighted by Gasteiger charge is -2.11. The lowest BCUT2D eigenvalue weighted by Crippen LogP contribution is -2.13. The zero-order chi connectivity index (χ0) is 18.1. The third kappa shape index (κ3) is 7.56. The molecule has 0 saturated carbocycles. The van der Waals surface area contributed by atoms with Gasteiger partial charge in [-0.1, -0.05) is 54.6 Å². The molecular weight excluding hydrogens is 375 g/mol. The Balaban J connectivity index is 2.52.